The van der Waals surface area contributed by atoms with E-state index in [9.17, 15) is 9.18 Å². The minimum Gasteiger partial charge on any atom is -0.481 e. The van der Waals surface area contributed by atoms with Crippen molar-refractivity contribution in [1.29, 1.82) is 0 Å². The summed E-state index contributed by atoms with van der Waals surface area (Å²) in [6, 6.07) is 2.83. The Morgan fingerprint density at radius 3 is 2.73 bits per heavy atom. The minimum atomic E-state index is -1.05. The van der Waals surface area contributed by atoms with Crippen molar-refractivity contribution < 1.29 is 14.3 Å². The highest BCUT2D eigenvalue weighted by Crippen LogP contribution is 2.30. The summed E-state index contributed by atoms with van der Waals surface area (Å²) in [6.07, 6.45) is 0. The molecule has 1 unspecified atom stereocenters. The smallest absolute Gasteiger partial charge is 0.312 e. The van der Waals surface area contributed by atoms with Gasteiger partial charge >= 0.3 is 5.97 Å². The van der Waals surface area contributed by atoms with Gasteiger partial charge in [-0.2, -0.15) is 0 Å². The number of halogens is 2. The third kappa shape index (κ3) is 2.35. The van der Waals surface area contributed by atoms with Crippen LogP contribution >= 0.6 is 15.9 Å². The van der Waals surface area contributed by atoms with Gasteiger partial charge in [0, 0.05) is 6.54 Å². The van der Waals surface area contributed by atoms with E-state index in [-0.39, 0.29) is 11.0 Å². The van der Waals surface area contributed by atoms with Gasteiger partial charge in [-0.15, -0.1) is 0 Å². The van der Waals surface area contributed by atoms with Gasteiger partial charge < -0.3 is 10.8 Å². The Morgan fingerprint density at radius 2 is 2.27 bits per heavy atom. The SMILES string of the molecule is Cc1ccc(F)c(Br)c1C(CN)C(=O)O. The van der Waals surface area contributed by atoms with Gasteiger partial charge in [0.25, 0.3) is 0 Å². The molecule has 0 amide bonds. The molecule has 0 saturated heterocycles. The molecule has 0 heterocycles. The molecule has 0 aliphatic heterocycles. The first-order valence-electron chi connectivity index (χ1n) is 4.36. The Kier molecular flexibility index (Phi) is 3.82. The van der Waals surface area contributed by atoms with Crippen LogP contribution in [0.5, 0.6) is 0 Å². The minimum absolute atomic E-state index is 0.0573. The first-order chi connectivity index (χ1) is 6.99. The zero-order chi connectivity index (χ0) is 11.6. The molecule has 0 aliphatic rings. The Bertz CT molecular complexity index is 395. The third-order valence-electron chi connectivity index (χ3n) is 2.23. The molecule has 0 spiro atoms. The third-order valence-corrected chi connectivity index (χ3v) is 3.04. The van der Waals surface area contributed by atoms with E-state index < -0.39 is 17.7 Å². The molecule has 1 atom stereocenters. The quantitative estimate of drug-likeness (QED) is 0.887. The maximum atomic E-state index is 13.2. The zero-order valence-electron chi connectivity index (χ0n) is 8.13. The number of aliphatic carboxylic acids is 1. The zero-order valence-corrected chi connectivity index (χ0v) is 9.71. The number of hydrogen-bond acceptors (Lipinski definition) is 2. The summed E-state index contributed by atoms with van der Waals surface area (Å²) < 4.78 is 13.4. The van der Waals surface area contributed by atoms with Gasteiger partial charge in [0.05, 0.1) is 10.4 Å². The van der Waals surface area contributed by atoms with Crippen LogP contribution in [-0.2, 0) is 4.79 Å². The normalized spacial score (nSPS) is 12.5. The molecule has 3 N–H and O–H groups in total. The number of carboxylic acid groups (broad SMARTS) is 1. The second kappa shape index (κ2) is 4.72. The largest absolute Gasteiger partial charge is 0.481 e. The number of hydrogen-bond donors (Lipinski definition) is 2. The number of rotatable bonds is 3. The lowest BCUT2D eigenvalue weighted by molar-refractivity contribution is -0.138. The lowest BCUT2D eigenvalue weighted by Crippen LogP contribution is -2.22. The molecule has 3 nitrogen and oxygen atoms in total. The van der Waals surface area contributed by atoms with Gasteiger partial charge in [-0.25, -0.2) is 4.39 Å². The number of aryl methyl sites for hydroxylation is 1. The van der Waals surface area contributed by atoms with Crippen LogP contribution in [0.25, 0.3) is 0 Å². The van der Waals surface area contributed by atoms with E-state index in [2.05, 4.69) is 15.9 Å². The Morgan fingerprint density at radius 1 is 1.67 bits per heavy atom. The van der Waals surface area contributed by atoms with Gasteiger partial charge in [-0.3, -0.25) is 4.79 Å². The van der Waals surface area contributed by atoms with Gasteiger partial charge in [0.15, 0.2) is 0 Å². The molecule has 82 valence electrons. The van der Waals surface area contributed by atoms with Crippen molar-refractivity contribution in [3.8, 4) is 0 Å². The van der Waals surface area contributed by atoms with Crippen LogP contribution in [-0.4, -0.2) is 17.6 Å². The van der Waals surface area contributed by atoms with Crippen LogP contribution in [0.3, 0.4) is 0 Å². The summed E-state index contributed by atoms with van der Waals surface area (Å²) >= 11 is 3.05. The van der Waals surface area contributed by atoms with Gasteiger partial charge in [-0.05, 0) is 40.0 Å². The van der Waals surface area contributed by atoms with E-state index in [1.54, 1.807) is 13.0 Å². The fourth-order valence-electron chi connectivity index (χ4n) is 1.43. The fourth-order valence-corrected chi connectivity index (χ4v) is 2.15. The van der Waals surface area contributed by atoms with Crippen molar-refractivity contribution in [2.24, 2.45) is 5.73 Å². The molecule has 1 aromatic rings. The Hall–Kier alpha value is -0.940. The molecule has 0 aromatic heterocycles. The summed E-state index contributed by atoms with van der Waals surface area (Å²) in [5, 5.41) is 8.94. The summed E-state index contributed by atoms with van der Waals surface area (Å²) in [7, 11) is 0. The van der Waals surface area contributed by atoms with E-state index in [0.717, 1.165) is 0 Å². The van der Waals surface area contributed by atoms with Crippen molar-refractivity contribution in [3.63, 3.8) is 0 Å². The molecule has 15 heavy (non-hydrogen) atoms. The maximum Gasteiger partial charge on any atom is 0.312 e. The monoisotopic (exact) mass is 275 g/mol. The maximum absolute atomic E-state index is 13.2. The van der Waals surface area contributed by atoms with E-state index in [4.69, 9.17) is 10.8 Å². The van der Waals surface area contributed by atoms with Crippen LogP contribution in [0.1, 0.15) is 17.0 Å². The second-order valence-electron chi connectivity index (χ2n) is 3.22. The van der Waals surface area contributed by atoms with E-state index >= 15 is 0 Å². The average molecular weight is 276 g/mol. The van der Waals surface area contributed by atoms with Crippen LogP contribution in [0, 0.1) is 12.7 Å². The van der Waals surface area contributed by atoms with Crippen LogP contribution in [0.4, 0.5) is 4.39 Å². The van der Waals surface area contributed by atoms with Crippen molar-refractivity contribution in [2.45, 2.75) is 12.8 Å². The standard InChI is InChI=1S/C10H11BrFNO2/c1-5-2-3-7(12)9(11)8(5)6(4-13)10(14)15/h2-3,6H,4,13H2,1H3,(H,14,15). The van der Waals surface area contributed by atoms with E-state index in [1.165, 1.54) is 6.07 Å². The molecule has 0 saturated carbocycles. The molecular formula is C10H11BrFNO2. The molecular weight excluding hydrogens is 265 g/mol. The number of nitrogens with two attached hydrogens (primary N) is 1. The van der Waals surface area contributed by atoms with E-state index in [1.807, 2.05) is 0 Å². The predicted molar refractivity (Wildman–Crippen MR) is 58.3 cm³/mol. The molecule has 0 bridgehead atoms. The van der Waals surface area contributed by atoms with Crippen molar-refractivity contribution in [3.05, 3.63) is 33.5 Å². The predicted octanol–water partition coefficient (Wildman–Crippen LogP) is 2.02. The van der Waals surface area contributed by atoms with Gasteiger partial charge in [0.2, 0.25) is 0 Å². The highest BCUT2D eigenvalue weighted by Gasteiger charge is 2.23. The molecule has 0 fully saturated rings. The molecule has 5 heteroatoms. The fraction of sp³-hybridized carbons (Fsp3) is 0.300. The number of benzene rings is 1. The molecule has 1 aromatic carbocycles. The van der Waals surface area contributed by atoms with Gasteiger partial charge in [-0.1, -0.05) is 6.07 Å². The van der Waals surface area contributed by atoms with Crippen LogP contribution in [0.2, 0.25) is 0 Å². The lowest BCUT2D eigenvalue weighted by Gasteiger charge is -2.15. The van der Waals surface area contributed by atoms with E-state index in [0.29, 0.717) is 11.1 Å². The Labute approximate surface area is 95.2 Å². The van der Waals surface area contributed by atoms with Gasteiger partial charge in [0.1, 0.15) is 5.82 Å². The van der Waals surface area contributed by atoms with Crippen LogP contribution in [0.15, 0.2) is 16.6 Å². The summed E-state index contributed by atoms with van der Waals surface area (Å²) in [5.41, 5.74) is 6.49. The highest BCUT2D eigenvalue weighted by molar-refractivity contribution is 9.10. The molecule has 0 aliphatic carbocycles. The summed E-state index contributed by atoms with van der Waals surface area (Å²) in [4.78, 5) is 10.9. The number of carbonyl (C=O) groups is 1. The average Bonchev–Trinajstić information content (AvgIpc) is 2.18. The van der Waals surface area contributed by atoms with Crippen molar-refractivity contribution in [2.75, 3.05) is 6.54 Å². The molecule has 0 radical (unpaired) electrons. The topological polar surface area (TPSA) is 63.3 Å². The lowest BCUT2D eigenvalue weighted by atomic mass is 9.95. The Balaban J connectivity index is 3.34. The van der Waals surface area contributed by atoms with Crippen molar-refractivity contribution in [1.82, 2.24) is 0 Å². The second-order valence-corrected chi connectivity index (χ2v) is 4.01. The summed E-state index contributed by atoms with van der Waals surface area (Å²) in [5.74, 6) is -2.41. The highest BCUT2D eigenvalue weighted by atomic mass is 79.9. The molecule has 1 rings (SSSR count). The van der Waals surface area contributed by atoms with Crippen LogP contribution < -0.4 is 5.73 Å². The first kappa shape index (κ1) is 12.1. The summed E-state index contributed by atoms with van der Waals surface area (Å²) in [6.45, 7) is 1.67. The number of carboxylic acids is 1. The van der Waals surface area contributed by atoms with Crippen molar-refractivity contribution >= 4 is 21.9 Å². The first-order valence-corrected chi connectivity index (χ1v) is 5.15.